The van der Waals surface area contributed by atoms with Gasteiger partial charge in [-0.15, -0.1) is 11.3 Å². The second-order valence-electron chi connectivity index (χ2n) is 6.46. The number of sulfonamides is 1. The Balaban J connectivity index is 1.73. The summed E-state index contributed by atoms with van der Waals surface area (Å²) in [6, 6.07) is 1.74. The Morgan fingerprint density at radius 2 is 2.19 bits per heavy atom. The topological polar surface area (TPSA) is 49.4 Å². The first-order chi connectivity index (χ1) is 10.0. The fraction of sp³-hybridized carbons (Fsp3) is 0.733. The van der Waals surface area contributed by atoms with Crippen LogP contribution in [0.4, 0.5) is 0 Å². The molecule has 2 fully saturated rings. The van der Waals surface area contributed by atoms with Gasteiger partial charge in [-0.2, -0.15) is 0 Å². The lowest BCUT2D eigenvalue weighted by Gasteiger charge is -2.26. The molecule has 1 N–H and O–H groups in total. The van der Waals surface area contributed by atoms with E-state index in [2.05, 4.69) is 5.32 Å². The third-order valence-electron chi connectivity index (χ3n) is 5.11. The van der Waals surface area contributed by atoms with Crippen molar-refractivity contribution in [2.75, 3.05) is 20.6 Å². The maximum absolute atomic E-state index is 12.8. The fourth-order valence-corrected chi connectivity index (χ4v) is 6.69. The van der Waals surface area contributed by atoms with E-state index in [0.29, 0.717) is 23.9 Å². The van der Waals surface area contributed by atoms with Gasteiger partial charge in [-0.1, -0.05) is 6.42 Å². The normalized spacial score (nSPS) is 28.6. The monoisotopic (exact) mass is 328 g/mol. The van der Waals surface area contributed by atoms with Gasteiger partial charge in [0.25, 0.3) is 0 Å². The number of thiophene rings is 1. The van der Waals surface area contributed by atoms with E-state index in [1.807, 2.05) is 12.4 Å². The summed E-state index contributed by atoms with van der Waals surface area (Å²) in [6.45, 7) is 1.28. The highest BCUT2D eigenvalue weighted by molar-refractivity contribution is 7.89. The van der Waals surface area contributed by atoms with Crippen molar-refractivity contribution < 1.29 is 8.42 Å². The Labute approximate surface area is 131 Å². The van der Waals surface area contributed by atoms with Gasteiger partial charge in [-0.05, 0) is 55.5 Å². The third-order valence-corrected chi connectivity index (χ3v) is 8.06. The lowest BCUT2D eigenvalue weighted by Crippen LogP contribution is -2.34. The maximum atomic E-state index is 12.8. The minimum atomic E-state index is -3.35. The Hall–Kier alpha value is -0.430. The summed E-state index contributed by atoms with van der Waals surface area (Å²) in [5.74, 6) is 2.18. The molecule has 2 bridgehead atoms. The molecule has 3 rings (SSSR count). The van der Waals surface area contributed by atoms with E-state index in [4.69, 9.17) is 0 Å². The number of hydrogen-bond acceptors (Lipinski definition) is 4. The molecule has 3 unspecified atom stereocenters. The van der Waals surface area contributed by atoms with Crippen LogP contribution >= 0.6 is 11.3 Å². The third kappa shape index (κ3) is 2.91. The molecule has 2 aliphatic rings. The number of hydrogen-bond donors (Lipinski definition) is 1. The molecule has 1 heterocycles. The van der Waals surface area contributed by atoms with Crippen molar-refractivity contribution in [3.8, 4) is 0 Å². The molecule has 3 atom stereocenters. The van der Waals surface area contributed by atoms with Crippen LogP contribution in [0.25, 0.3) is 0 Å². The first-order valence-corrected chi connectivity index (χ1v) is 10.0. The van der Waals surface area contributed by atoms with E-state index in [0.717, 1.165) is 16.7 Å². The Morgan fingerprint density at radius 3 is 2.81 bits per heavy atom. The van der Waals surface area contributed by atoms with Crippen LogP contribution in [-0.4, -0.2) is 33.4 Å². The van der Waals surface area contributed by atoms with E-state index in [1.165, 1.54) is 37.0 Å². The van der Waals surface area contributed by atoms with Crippen LogP contribution in [0.5, 0.6) is 0 Å². The first kappa shape index (κ1) is 15.5. The quantitative estimate of drug-likeness (QED) is 0.873. The zero-order chi connectivity index (χ0) is 15.0. The van der Waals surface area contributed by atoms with Crippen molar-refractivity contribution in [2.45, 2.75) is 37.1 Å². The molecule has 118 valence electrons. The predicted octanol–water partition coefficient (Wildman–Crippen LogP) is 2.52. The van der Waals surface area contributed by atoms with E-state index in [1.54, 1.807) is 17.4 Å². The maximum Gasteiger partial charge on any atom is 0.243 e. The van der Waals surface area contributed by atoms with Crippen LogP contribution in [0.2, 0.25) is 0 Å². The summed E-state index contributed by atoms with van der Waals surface area (Å²) in [4.78, 5) is 1.38. The molecule has 2 saturated carbocycles. The van der Waals surface area contributed by atoms with Crippen LogP contribution in [0, 0.1) is 17.8 Å². The van der Waals surface area contributed by atoms with Crippen LogP contribution < -0.4 is 5.32 Å². The highest BCUT2D eigenvalue weighted by atomic mass is 32.2. The van der Waals surface area contributed by atoms with Crippen molar-refractivity contribution in [1.29, 1.82) is 0 Å². The lowest BCUT2D eigenvalue weighted by atomic mass is 9.89. The van der Waals surface area contributed by atoms with E-state index >= 15 is 0 Å². The smallest absolute Gasteiger partial charge is 0.243 e. The minimum absolute atomic E-state index is 0.479. The Morgan fingerprint density at radius 1 is 1.38 bits per heavy atom. The molecular formula is C15H24N2O2S2. The minimum Gasteiger partial charge on any atom is -0.315 e. The molecule has 0 aromatic carbocycles. The van der Waals surface area contributed by atoms with Crippen molar-refractivity contribution >= 4 is 21.4 Å². The van der Waals surface area contributed by atoms with Gasteiger partial charge in [0.2, 0.25) is 10.0 Å². The molecule has 1 aromatic rings. The summed E-state index contributed by atoms with van der Waals surface area (Å²) >= 11 is 1.50. The molecule has 4 nitrogen and oxygen atoms in total. The van der Waals surface area contributed by atoms with Gasteiger partial charge < -0.3 is 5.32 Å². The van der Waals surface area contributed by atoms with E-state index < -0.39 is 10.0 Å². The molecule has 0 aliphatic heterocycles. The van der Waals surface area contributed by atoms with Crippen LogP contribution in [0.1, 0.15) is 30.6 Å². The zero-order valence-electron chi connectivity index (χ0n) is 12.7. The number of rotatable bonds is 6. The molecule has 21 heavy (non-hydrogen) atoms. The highest BCUT2D eigenvalue weighted by Gasteiger charge is 2.41. The first-order valence-electron chi connectivity index (χ1n) is 7.69. The van der Waals surface area contributed by atoms with Gasteiger partial charge in [-0.25, -0.2) is 12.7 Å². The van der Waals surface area contributed by atoms with E-state index in [-0.39, 0.29) is 0 Å². The number of fused-ring (bicyclic) bond motifs is 2. The highest BCUT2D eigenvalue weighted by Crippen LogP contribution is 2.48. The largest absolute Gasteiger partial charge is 0.315 e. The molecular weight excluding hydrogens is 304 g/mol. The Bertz CT molecular complexity index is 597. The van der Waals surface area contributed by atoms with Gasteiger partial charge in [0, 0.05) is 25.0 Å². The average molecular weight is 329 g/mol. The number of nitrogens with one attached hydrogen (secondary N) is 1. The summed E-state index contributed by atoms with van der Waals surface area (Å²) < 4.78 is 27.2. The molecule has 1 aromatic heterocycles. The second-order valence-corrected chi connectivity index (χ2v) is 9.47. The zero-order valence-corrected chi connectivity index (χ0v) is 14.3. The summed E-state index contributed by atoms with van der Waals surface area (Å²) in [7, 11) is 0.232. The van der Waals surface area contributed by atoms with Gasteiger partial charge in [0.1, 0.15) is 0 Å². The van der Waals surface area contributed by atoms with E-state index in [9.17, 15) is 8.42 Å². The van der Waals surface area contributed by atoms with Crippen LogP contribution in [0.3, 0.4) is 0 Å². The van der Waals surface area contributed by atoms with Crippen molar-refractivity contribution in [3.63, 3.8) is 0 Å². The predicted molar refractivity (Wildman–Crippen MR) is 85.8 cm³/mol. The fourth-order valence-electron chi connectivity index (χ4n) is 4.04. The SMILES string of the molecule is CNCc1sccc1S(=O)(=O)N(C)CC1CC2CCC1C2. The van der Waals surface area contributed by atoms with Gasteiger partial charge in [-0.3, -0.25) is 0 Å². The van der Waals surface area contributed by atoms with Gasteiger partial charge in [0.15, 0.2) is 0 Å². The Kier molecular flexibility index (Phi) is 4.41. The summed E-state index contributed by atoms with van der Waals surface area (Å²) in [6.07, 6.45) is 5.20. The average Bonchev–Trinajstić information content (AvgIpc) is 3.14. The summed E-state index contributed by atoms with van der Waals surface area (Å²) in [5.41, 5.74) is 0. The molecule has 6 heteroatoms. The van der Waals surface area contributed by atoms with Crippen LogP contribution in [0.15, 0.2) is 16.3 Å². The molecule has 0 radical (unpaired) electrons. The summed E-state index contributed by atoms with van der Waals surface area (Å²) in [5, 5.41) is 4.91. The lowest BCUT2D eigenvalue weighted by molar-refractivity contribution is 0.280. The molecule has 2 aliphatic carbocycles. The van der Waals surface area contributed by atoms with Gasteiger partial charge >= 0.3 is 0 Å². The van der Waals surface area contributed by atoms with Crippen molar-refractivity contribution in [2.24, 2.45) is 17.8 Å². The second kappa shape index (κ2) is 5.99. The molecule has 0 saturated heterocycles. The molecule has 0 spiro atoms. The molecule has 0 amide bonds. The number of nitrogens with zero attached hydrogens (tertiary/aromatic N) is 1. The van der Waals surface area contributed by atoms with Crippen molar-refractivity contribution in [3.05, 3.63) is 16.3 Å². The standard InChI is InChI=1S/C15H24N2O2S2/c1-16-9-14-15(5-6-20-14)21(18,19)17(2)10-13-8-11-3-4-12(13)7-11/h5-6,11-13,16H,3-4,7-10H2,1-2H3. The van der Waals surface area contributed by atoms with Crippen molar-refractivity contribution in [1.82, 2.24) is 9.62 Å². The van der Waals surface area contributed by atoms with Crippen LogP contribution in [-0.2, 0) is 16.6 Å². The van der Waals surface area contributed by atoms with Gasteiger partial charge in [0.05, 0.1) is 4.90 Å².